The van der Waals surface area contributed by atoms with E-state index in [-0.39, 0.29) is 23.3 Å². The number of carbonyl (C=O) groups excluding carboxylic acids is 1. The van der Waals surface area contributed by atoms with Crippen molar-refractivity contribution >= 4 is 50.2 Å². The van der Waals surface area contributed by atoms with E-state index in [2.05, 4.69) is 10.3 Å². The molecule has 3 rings (SSSR count). The molecule has 10 heteroatoms. The van der Waals surface area contributed by atoms with Crippen molar-refractivity contribution in [3.8, 4) is 0 Å². The highest BCUT2D eigenvalue weighted by Crippen LogP contribution is 2.26. The van der Waals surface area contributed by atoms with E-state index < -0.39 is 10.0 Å². The normalized spacial score (nSPS) is 13.0. The summed E-state index contributed by atoms with van der Waals surface area (Å²) in [4.78, 5) is 17.3. The number of carbonyl (C=O) groups is 1. The van der Waals surface area contributed by atoms with Crippen LogP contribution in [0.2, 0.25) is 10.0 Å². The van der Waals surface area contributed by atoms with Gasteiger partial charge in [0.15, 0.2) is 0 Å². The number of nitrogens with zero attached hydrogens (tertiary/aromatic N) is 3. The lowest BCUT2D eigenvalue weighted by molar-refractivity contribution is -0.121. The van der Waals surface area contributed by atoms with Crippen LogP contribution in [-0.2, 0) is 27.8 Å². The van der Waals surface area contributed by atoms with Gasteiger partial charge in [0.05, 0.1) is 32.0 Å². The molecule has 0 saturated carbocycles. The average Bonchev–Trinajstić information content (AvgIpc) is 3.10. The molecule has 1 unspecified atom stereocenters. The number of fused-ring (bicyclic) bond motifs is 1. The molecule has 172 valence electrons. The summed E-state index contributed by atoms with van der Waals surface area (Å²) in [5.74, 6) is 0.619. The first-order valence-corrected chi connectivity index (χ1v) is 12.4. The quantitative estimate of drug-likeness (QED) is 0.499. The van der Waals surface area contributed by atoms with E-state index in [0.717, 1.165) is 16.9 Å². The van der Waals surface area contributed by atoms with Crippen molar-refractivity contribution in [3.05, 3.63) is 57.8 Å². The maximum absolute atomic E-state index is 12.5. The van der Waals surface area contributed by atoms with Gasteiger partial charge in [-0.3, -0.25) is 4.79 Å². The van der Waals surface area contributed by atoms with Gasteiger partial charge in [0.2, 0.25) is 15.9 Å². The molecule has 7 nitrogen and oxygen atoms in total. The molecular weight excluding hydrogens is 471 g/mol. The highest BCUT2D eigenvalue weighted by molar-refractivity contribution is 7.89. The van der Waals surface area contributed by atoms with Gasteiger partial charge in [0.25, 0.3) is 0 Å². The Hall–Kier alpha value is -2.13. The van der Waals surface area contributed by atoms with Crippen molar-refractivity contribution in [2.75, 3.05) is 14.1 Å². The van der Waals surface area contributed by atoms with Gasteiger partial charge in [-0.05, 0) is 49.7 Å². The predicted molar refractivity (Wildman–Crippen MR) is 128 cm³/mol. The van der Waals surface area contributed by atoms with Gasteiger partial charge in [-0.1, -0.05) is 29.3 Å². The molecule has 1 aromatic heterocycles. The molecule has 0 saturated heterocycles. The van der Waals surface area contributed by atoms with Crippen LogP contribution in [0.5, 0.6) is 0 Å². The van der Waals surface area contributed by atoms with Crippen LogP contribution in [0, 0.1) is 0 Å². The summed E-state index contributed by atoms with van der Waals surface area (Å²) >= 11 is 12.0. The van der Waals surface area contributed by atoms with Crippen LogP contribution >= 0.6 is 23.2 Å². The molecule has 0 aliphatic rings. The highest BCUT2D eigenvalue weighted by Gasteiger charge is 2.20. The molecule has 1 heterocycles. The number of benzene rings is 2. The molecule has 0 radical (unpaired) electrons. The topological polar surface area (TPSA) is 84.3 Å². The summed E-state index contributed by atoms with van der Waals surface area (Å²) in [7, 11) is -0.561. The number of aryl methyl sites for hydroxylation is 2. The zero-order valence-corrected chi connectivity index (χ0v) is 20.7. The summed E-state index contributed by atoms with van der Waals surface area (Å²) in [6.45, 7) is 4.53. The summed E-state index contributed by atoms with van der Waals surface area (Å²) in [6.07, 6.45) is 0.677. The zero-order valence-electron chi connectivity index (χ0n) is 18.4. The average molecular weight is 497 g/mol. The van der Waals surface area contributed by atoms with Crippen LogP contribution in [0.4, 0.5) is 0 Å². The third-order valence-corrected chi connectivity index (χ3v) is 7.84. The number of imidazole rings is 1. The predicted octanol–water partition coefficient (Wildman–Crippen LogP) is 4.42. The molecule has 3 aromatic rings. The number of halogens is 2. The van der Waals surface area contributed by atoms with Gasteiger partial charge in [-0.25, -0.2) is 17.7 Å². The van der Waals surface area contributed by atoms with Gasteiger partial charge in [-0.2, -0.15) is 0 Å². The van der Waals surface area contributed by atoms with E-state index in [1.54, 1.807) is 30.3 Å². The first-order valence-electron chi connectivity index (χ1n) is 10.2. The van der Waals surface area contributed by atoms with Crippen molar-refractivity contribution in [1.82, 2.24) is 19.2 Å². The second-order valence-corrected chi connectivity index (χ2v) is 10.6. The van der Waals surface area contributed by atoms with Crippen molar-refractivity contribution in [3.63, 3.8) is 0 Å². The first kappa shape index (κ1) is 24.5. The third-order valence-electron chi connectivity index (χ3n) is 5.29. The van der Waals surface area contributed by atoms with E-state index in [9.17, 15) is 13.2 Å². The molecule has 1 amide bonds. The monoisotopic (exact) mass is 496 g/mol. The Morgan fingerprint density at radius 1 is 1.16 bits per heavy atom. The maximum atomic E-state index is 12.5. The molecule has 0 aliphatic heterocycles. The number of hydrogen-bond acceptors (Lipinski definition) is 4. The molecule has 32 heavy (non-hydrogen) atoms. The molecule has 0 aliphatic carbocycles. The fourth-order valence-corrected chi connectivity index (χ4v) is 4.71. The second-order valence-electron chi connectivity index (χ2n) is 7.67. The molecule has 1 atom stereocenters. The van der Waals surface area contributed by atoms with E-state index in [1.807, 2.05) is 24.5 Å². The minimum atomic E-state index is -3.55. The lowest BCUT2D eigenvalue weighted by Crippen LogP contribution is -2.27. The zero-order chi connectivity index (χ0) is 23.6. The standard InChI is InChI=1S/C22H26Cl2N4O3S/c1-5-28-20-9-7-16(32(30,31)27(3)4)13-19(20)26-21(28)10-11-22(29)25-14(2)15-6-8-17(23)18(24)12-15/h6-9,12-14H,5,10-11H2,1-4H3,(H,25,29). The van der Waals surface area contributed by atoms with Crippen LogP contribution < -0.4 is 5.32 Å². The Kier molecular flexibility index (Phi) is 7.50. The fourth-order valence-electron chi connectivity index (χ4n) is 3.48. The van der Waals surface area contributed by atoms with Gasteiger partial charge >= 0.3 is 0 Å². The van der Waals surface area contributed by atoms with Crippen molar-refractivity contribution < 1.29 is 13.2 Å². The van der Waals surface area contributed by atoms with E-state index in [4.69, 9.17) is 23.2 Å². The molecule has 2 aromatic carbocycles. The molecule has 0 spiro atoms. The largest absolute Gasteiger partial charge is 0.350 e. The van der Waals surface area contributed by atoms with Crippen molar-refractivity contribution in [2.45, 2.75) is 44.2 Å². The Labute approximate surface area is 198 Å². The lowest BCUT2D eigenvalue weighted by Gasteiger charge is -2.15. The maximum Gasteiger partial charge on any atom is 0.242 e. The Morgan fingerprint density at radius 2 is 1.88 bits per heavy atom. The minimum absolute atomic E-state index is 0.117. The number of amides is 1. The molecule has 0 fully saturated rings. The highest BCUT2D eigenvalue weighted by atomic mass is 35.5. The van der Waals surface area contributed by atoms with Crippen LogP contribution in [0.15, 0.2) is 41.3 Å². The van der Waals surface area contributed by atoms with Crippen LogP contribution in [-0.4, -0.2) is 42.3 Å². The van der Waals surface area contributed by atoms with Crippen molar-refractivity contribution in [2.24, 2.45) is 0 Å². The summed E-state index contributed by atoms with van der Waals surface area (Å²) in [5, 5.41) is 3.87. The molecular formula is C22H26Cl2N4O3S. The summed E-state index contributed by atoms with van der Waals surface area (Å²) in [6, 6.07) is 9.97. The number of hydrogen-bond donors (Lipinski definition) is 1. The first-order chi connectivity index (χ1) is 15.0. The summed E-state index contributed by atoms with van der Waals surface area (Å²) < 4.78 is 28.0. The van der Waals surface area contributed by atoms with E-state index in [0.29, 0.717) is 28.5 Å². The molecule has 0 bridgehead atoms. The SMILES string of the molecule is CCn1c(CCC(=O)NC(C)c2ccc(Cl)c(Cl)c2)nc2cc(S(=O)(=O)N(C)C)ccc21. The third kappa shape index (κ3) is 5.09. The van der Waals surface area contributed by atoms with Gasteiger partial charge in [0, 0.05) is 33.5 Å². The van der Waals surface area contributed by atoms with Crippen molar-refractivity contribution in [1.29, 1.82) is 0 Å². The number of aromatic nitrogens is 2. The lowest BCUT2D eigenvalue weighted by atomic mass is 10.1. The van der Waals surface area contributed by atoms with E-state index in [1.165, 1.54) is 18.4 Å². The van der Waals surface area contributed by atoms with Crippen LogP contribution in [0.3, 0.4) is 0 Å². The Morgan fingerprint density at radius 3 is 2.50 bits per heavy atom. The fraction of sp³-hybridized carbons (Fsp3) is 0.364. The number of rotatable bonds is 8. The molecule has 1 N–H and O–H groups in total. The summed E-state index contributed by atoms with van der Waals surface area (Å²) in [5.41, 5.74) is 2.29. The smallest absolute Gasteiger partial charge is 0.242 e. The van der Waals surface area contributed by atoms with Crippen LogP contribution in [0.1, 0.15) is 37.7 Å². The Bertz CT molecular complexity index is 1260. The van der Waals surface area contributed by atoms with E-state index >= 15 is 0 Å². The number of sulfonamides is 1. The van der Waals surface area contributed by atoms with Gasteiger partial charge < -0.3 is 9.88 Å². The number of nitrogens with one attached hydrogen (secondary N) is 1. The van der Waals surface area contributed by atoms with Gasteiger partial charge in [-0.15, -0.1) is 0 Å². The van der Waals surface area contributed by atoms with Gasteiger partial charge in [0.1, 0.15) is 5.82 Å². The minimum Gasteiger partial charge on any atom is -0.350 e. The van der Waals surface area contributed by atoms with Crippen LogP contribution in [0.25, 0.3) is 11.0 Å². The Balaban J connectivity index is 1.75. The second kappa shape index (κ2) is 9.79.